The third-order valence-electron chi connectivity index (χ3n) is 14.5. The standard InChI is InChI=1S/C49H56Cl2F6N4O7/c1-3-37-25-32(45(65)66)12-17-61(37)42(62)9-6-16-58(2)43(63)29-67-41-26-31-7-4-5-8-38(31)46(41)13-18-59(19-14-46)20-15-47(34-10-11-39(50)40(51)28-34)30-60(21-22-68-47)44(64)33-23-35(48(52,53)54)27-36(24-33)49(55,56)57/h4-5,7-8,10-11,23-24,27-28,32,37,41H,3,6,9,12-22,25-26,29-30H2,1-2H3,(H,65,66)/t32?,37?,41-,47-/m0/s1. The van der Waals surface area contributed by atoms with E-state index in [1.807, 2.05) is 19.1 Å². The number of nitrogens with zero attached hydrogens (tertiary/aromatic N) is 4. The van der Waals surface area contributed by atoms with Crippen molar-refractivity contribution >= 4 is 46.9 Å². The van der Waals surface area contributed by atoms with Gasteiger partial charge in [0.25, 0.3) is 5.91 Å². The Balaban J connectivity index is 0.996. The number of amides is 3. The van der Waals surface area contributed by atoms with Crippen LogP contribution in [0.25, 0.3) is 0 Å². The molecular formula is C49H56Cl2F6N4O7. The van der Waals surface area contributed by atoms with Gasteiger partial charge in [-0.2, -0.15) is 26.3 Å². The molecule has 0 radical (unpaired) electrons. The van der Waals surface area contributed by atoms with Gasteiger partial charge in [0.05, 0.1) is 46.3 Å². The van der Waals surface area contributed by atoms with Crippen molar-refractivity contribution in [2.24, 2.45) is 5.92 Å². The Hall–Kier alpha value is -4.42. The van der Waals surface area contributed by atoms with E-state index in [1.165, 1.54) is 10.5 Å². The van der Waals surface area contributed by atoms with Gasteiger partial charge in [-0.1, -0.05) is 60.5 Å². The molecule has 3 amide bonds. The highest BCUT2D eigenvalue weighted by atomic mass is 35.5. The summed E-state index contributed by atoms with van der Waals surface area (Å²) in [6.07, 6.45) is -6.05. The summed E-state index contributed by atoms with van der Waals surface area (Å²) in [4.78, 5) is 58.8. The minimum atomic E-state index is -5.13. The summed E-state index contributed by atoms with van der Waals surface area (Å²) >= 11 is 12.7. The second-order valence-corrected chi connectivity index (χ2v) is 19.3. The first-order valence-corrected chi connectivity index (χ1v) is 23.8. The molecule has 3 heterocycles. The fraction of sp³-hybridized carbons (Fsp3) is 0.551. The number of aliphatic carboxylic acids is 1. The van der Waals surface area contributed by atoms with Gasteiger partial charge in [0, 0.05) is 56.7 Å². The lowest BCUT2D eigenvalue weighted by Crippen LogP contribution is -2.54. The maximum absolute atomic E-state index is 13.9. The number of carboxylic acids is 1. The largest absolute Gasteiger partial charge is 0.481 e. The predicted octanol–water partition coefficient (Wildman–Crippen LogP) is 9.10. The van der Waals surface area contributed by atoms with Crippen molar-refractivity contribution in [3.05, 3.63) is 104 Å². The number of halogens is 8. The van der Waals surface area contributed by atoms with Crippen LogP contribution in [-0.2, 0) is 53.6 Å². The molecule has 1 spiro atoms. The van der Waals surface area contributed by atoms with Crippen molar-refractivity contribution < 1.29 is 60.1 Å². The SMILES string of the molecule is CCC1CC(C(=O)O)CCN1C(=O)CCCN(C)C(=O)CO[C@H]1Cc2ccccc2C12CCN(CC[C@@]1(c3ccc(Cl)c(Cl)c3)CN(C(=O)c3cc(C(F)(F)F)cc(C(F)(F)F)c3)CCO1)CC2. The van der Waals surface area contributed by atoms with Crippen molar-refractivity contribution in [2.75, 3.05) is 66.1 Å². The van der Waals surface area contributed by atoms with Gasteiger partial charge in [0.15, 0.2) is 0 Å². The van der Waals surface area contributed by atoms with E-state index in [0.717, 1.165) is 5.56 Å². The number of fused-ring (bicyclic) bond motifs is 2. The molecule has 3 aromatic rings. The Morgan fingerprint density at radius 1 is 0.912 bits per heavy atom. The van der Waals surface area contributed by atoms with Crippen molar-refractivity contribution in [2.45, 2.75) is 100 Å². The zero-order chi connectivity index (χ0) is 49.2. The van der Waals surface area contributed by atoms with Crippen LogP contribution in [0.1, 0.15) is 96.5 Å². The molecule has 4 atom stereocenters. The molecule has 0 aromatic heterocycles. The van der Waals surface area contributed by atoms with Gasteiger partial charge in [-0.05, 0) is 111 Å². The summed E-state index contributed by atoms with van der Waals surface area (Å²) in [5.41, 5.74) is -2.71. The van der Waals surface area contributed by atoms with Crippen LogP contribution in [0.2, 0.25) is 10.0 Å². The fourth-order valence-electron chi connectivity index (χ4n) is 10.6. The molecule has 3 saturated heterocycles. The van der Waals surface area contributed by atoms with Gasteiger partial charge < -0.3 is 34.2 Å². The molecule has 1 N–H and O–H groups in total. The quantitative estimate of drug-likeness (QED) is 0.159. The third kappa shape index (κ3) is 11.3. The molecule has 2 unspecified atom stereocenters. The Morgan fingerprint density at radius 2 is 1.60 bits per heavy atom. The van der Waals surface area contributed by atoms with Crippen LogP contribution in [0.15, 0.2) is 60.7 Å². The van der Waals surface area contributed by atoms with Crippen LogP contribution in [0.3, 0.4) is 0 Å². The van der Waals surface area contributed by atoms with Gasteiger partial charge >= 0.3 is 18.3 Å². The maximum atomic E-state index is 13.9. The number of ether oxygens (including phenoxy) is 2. The number of likely N-dealkylation sites (N-methyl/N-ethyl adjacent to an activating group) is 1. The smallest absolute Gasteiger partial charge is 0.416 e. The Bertz CT molecular complexity index is 2310. The number of hydrogen-bond donors (Lipinski definition) is 1. The molecule has 4 aliphatic rings. The van der Waals surface area contributed by atoms with E-state index < -0.39 is 57.9 Å². The normalized spacial score (nSPS) is 23.1. The lowest BCUT2D eigenvalue weighted by molar-refractivity contribution is -0.148. The molecule has 370 valence electrons. The van der Waals surface area contributed by atoms with Gasteiger partial charge in [-0.3, -0.25) is 19.2 Å². The molecule has 0 bridgehead atoms. The summed E-state index contributed by atoms with van der Waals surface area (Å²) in [6, 6.07) is 13.7. The number of hydrogen-bond acceptors (Lipinski definition) is 7. The number of morpholine rings is 1. The van der Waals surface area contributed by atoms with Crippen molar-refractivity contribution in [1.29, 1.82) is 0 Å². The monoisotopic (exact) mass is 996 g/mol. The van der Waals surface area contributed by atoms with E-state index in [4.69, 9.17) is 32.7 Å². The van der Waals surface area contributed by atoms with Gasteiger partial charge in [-0.25, -0.2) is 0 Å². The third-order valence-corrected chi connectivity index (χ3v) is 15.2. The number of carbonyl (C=O) groups excluding carboxylic acids is 3. The molecule has 1 aliphatic carbocycles. The van der Waals surface area contributed by atoms with E-state index in [1.54, 1.807) is 35.0 Å². The molecule has 3 fully saturated rings. The minimum Gasteiger partial charge on any atom is -0.481 e. The molecule has 0 saturated carbocycles. The summed E-state index contributed by atoms with van der Waals surface area (Å²) < 4.78 is 95.7. The van der Waals surface area contributed by atoms with E-state index in [0.29, 0.717) is 95.4 Å². The van der Waals surface area contributed by atoms with Gasteiger partial charge in [0.2, 0.25) is 11.8 Å². The van der Waals surface area contributed by atoms with Crippen LogP contribution in [0, 0.1) is 5.92 Å². The Kier molecular flexibility index (Phi) is 15.8. The van der Waals surface area contributed by atoms with E-state index in [9.17, 15) is 50.6 Å². The molecular weight excluding hydrogens is 941 g/mol. The number of rotatable bonds is 14. The highest BCUT2D eigenvalue weighted by molar-refractivity contribution is 6.42. The van der Waals surface area contributed by atoms with E-state index in [-0.39, 0.29) is 79.2 Å². The van der Waals surface area contributed by atoms with Crippen molar-refractivity contribution in [1.82, 2.24) is 19.6 Å². The van der Waals surface area contributed by atoms with Crippen molar-refractivity contribution in [3.8, 4) is 0 Å². The second kappa shape index (κ2) is 20.9. The number of likely N-dealkylation sites (tertiary alicyclic amines) is 2. The topological polar surface area (TPSA) is 120 Å². The predicted molar refractivity (Wildman–Crippen MR) is 241 cm³/mol. The first kappa shape index (κ1) is 51.4. The first-order valence-electron chi connectivity index (χ1n) is 23.0. The number of piperidine rings is 2. The fourth-order valence-corrected chi connectivity index (χ4v) is 10.9. The zero-order valence-corrected chi connectivity index (χ0v) is 39.5. The Morgan fingerprint density at radius 3 is 2.25 bits per heavy atom. The number of benzene rings is 3. The van der Waals surface area contributed by atoms with Gasteiger partial charge in [0.1, 0.15) is 12.2 Å². The molecule has 3 aromatic carbocycles. The maximum Gasteiger partial charge on any atom is 0.416 e. The summed E-state index contributed by atoms with van der Waals surface area (Å²) in [7, 11) is 1.69. The van der Waals surface area contributed by atoms with Crippen LogP contribution < -0.4 is 0 Å². The average Bonchev–Trinajstić information content (AvgIpc) is 3.61. The van der Waals surface area contributed by atoms with Crippen LogP contribution in [0.4, 0.5) is 26.3 Å². The number of carboxylic acid groups (broad SMARTS) is 1. The molecule has 11 nitrogen and oxygen atoms in total. The summed E-state index contributed by atoms with van der Waals surface area (Å²) in [5.74, 6) is -2.54. The van der Waals surface area contributed by atoms with Crippen LogP contribution >= 0.6 is 23.2 Å². The molecule has 68 heavy (non-hydrogen) atoms. The Labute approximate surface area is 401 Å². The van der Waals surface area contributed by atoms with E-state index >= 15 is 0 Å². The second-order valence-electron chi connectivity index (χ2n) is 18.5. The first-order chi connectivity index (χ1) is 32.1. The summed E-state index contributed by atoms with van der Waals surface area (Å²) in [6.45, 7) is 3.91. The summed E-state index contributed by atoms with van der Waals surface area (Å²) in [5, 5.41) is 9.91. The molecule has 3 aliphatic heterocycles. The van der Waals surface area contributed by atoms with E-state index in [2.05, 4.69) is 17.0 Å². The molecule has 7 rings (SSSR count). The van der Waals surface area contributed by atoms with Gasteiger partial charge in [-0.15, -0.1) is 0 Å². The highest BCUT2D eigenvalue weighted by Crippen LogP contribution is 2.48. The zero-order valence-electron chi connectivity index (χ0n) is 37.9. The molecule has 19 heteroatoms. The minimum absolute atomic E-state index is 0.00924. The highest BCUT2D eigenvalue weighted by Gasteiger charge is 2.50. The lowest BCUT2D eigenvalue weighted by atomic mass is 9.72. The number of alkyl halides is 6. The average molecular weight is 998 g/mol. The lowest BCUT2D eigenvalue weighted by Gasteiger charge is -2.46. The van der Waals surface area contributed by atoms with Crippen LogP contribution in [-0.4, -0.2) is 127 Å². The van der Waals surface area contributed by atoms with Crippen molar-refractivity contribution in [3.63, 3.8) is 0 Å². The number of carbonyl (C=O) groups is 4. The van der Waals surface area contributed by atoms with Crippen LogP contribution in [0.5, 0.6) is 0 Å².